The standard InChI is InChI=1S/C26H24Cl2N4O3/c27-20-5-2-6-21(28)23(20)24(33)31-22(25(34)35)7-1-4-17-10-12-19(13-11-17)32(16-18-8-9-18)26-29-14-3-15-30-26/h1-6,10-15,18,22H,7-9,16H2,(H,31,33)(H,34,35). The van der Waals surface area contributed by atoms with Crippen LogP contribution in [-0.2, 0) is 4.79 Å². The third-order valence-corrected chi connectivity index (χ3v) is 6.24. The molecule has 0 bridgehead atoms. The molecule has 1 fully saturated rings. The van der Waals surface area contributed by atoms with E-state index in [0.29, 0.717) is 11.9 Å². The molecule has 1 aliphatic carbocycles. The number of carboxylic acid groups (broad SMARTS) is 1. The number of rotatable bonds is 10. The Hall–Kier alpha value is -3.42. The molecule has 7 nitrogen and oxygen atoms in total. The van der Waals surface area contributed by atoms with Gasteiger partial charge in [-0.15, -0.1) is 0 Å². The number of aromatic nitrogens is 2. The van der Waals surface area contributed by atoms with Gasteiger partial charge in [-0.05, 0) is 61.1 Å². The molecule has 0 aliphatic heterocycles. The van der Waals surface area contributed by atoms with Gasteiger partial charge in [-0.3, -0.25) is 4.79 Å². The van der Waals surface area contributed by atoms with Crippen molar-refractivity contribution < 1.29 is 14.7 Å². The average molecular weight is 511 g/mol. The smallest absolute Gasteiger partial charge is 0.326 e. The van der Waals surface area contributed by atoms with E-state index in [2.05, 4.69) is 20.2 Å². The van der Waals surface area contributed by atoms with Crippen molar-refractivity contribution in [1.82, 2.24) is 15.3 Å². The number of halogens is 2. The molecular weight excluding hydrogens is 487 g/mol. The van der Waals surface area contributed by atoms with Gasteiger partial charge in [-0.2, -0.15) is 0 Å². The lowest BCUT2D eigenvalue weighted by Gasteiger charge is -2.22. The van der Waals surface area contributed by atoms with Crippen LogP contribution in [0.15, 0.2) is 67.0 Å². The molecule has 1 heterocycles. The first-order chi connectivity index (χ1) is 16.9. The molecule has 2 aromatic carbocycles. The van der Waals surface area contributed by atoms with Crippen molar-refractivity contribution in [1.29, 1.82) is 0 Å². The second kappa shape index (κ2) is 11.3. The molecule has 1 atom stereocenters. The SMILES string of the molecule is O=C(NC(CC=Cc1ccc(N(CC2CC2)c2ncccn2)cc1)C(=O)O)c1c(Cl)cccc1Cl. The van der Waals surface area contributed by atoms with Gasteiger partial charge in [0.05, 0.1) is 15.6 Å². The van der Waals surface area contributed by atoms with Crippen molar-refractivity contribution in [2.24, 2.45) is 5.92 Å². The summed E-state index contributed by atoms with van der Waals surface area (Å²) < 4.78 is 0. The first-order valence-electron chi connectivity index (χ1n) is 11.2. The van der Waals surface area contributed by atoms with E-state index in [1.165, 1.54) is 25.0 Å². The van der Waals surface area contributed by atoms with Gasteiger partial charge < -0.3 is 15.3 Å². The van der Waals surface area contributed by atoms with Gasteiger partial charge in [0.15, 0.2) is 0 Å². The second-order valence-electron chi connectivity index (χ2n) is 8.29. The number of hydrogen-bond acceptors (Lipinski definition) is 5. The van der Waals surface area contributed by atoms with E-state index in [9.17, 15) is 14.7 Å². The maximum absolute atomic E-state index is 12.6. The predicted molar refractivity (Wildman–Crippen MR) is 137 cm³/mol. The monoisotopic (exact) mass is 510 g/mol. The minimum Gasteiger partial charge on any atom is -0.480 e. The topological polar surface area (TPSA) is 95.4 Å². The lowest BCUT2D eigenvalue weighted by atomic mass is 10.1. The summed E-state index contributed by atoms with van der Waals surface area (Å²) in [5, 5.41) is 12.4. The van der Waals surface area contributed by atoms with Gasteiger partial charge in [0.25, 0.3) is 5.91 Å². The van der Waals surface area contributed by atoms with E-state index in [1.807, 2.05) is 30.3 Å². The fourth-order valence-electron chi connectivity index (χ4n) is 3.56. The van der Waals surface area contributed by atoms with Crippen LogP contribution >= 0.6 is 23.2 Å². The summed E-state index contributed by atoms with van der Waals surface area (Å²) in [6, 6.07) is 13.2. The van der Waals surface area contributed by atoms with E-state index in [0.717, 1.165) is 17.8 Å². The molecule has 3 aromatic rings. The highest BCUT2D eigenvalue weighted by Gasteiger charge is 2.26. The van der Waals surface area contributed by atoms with E-state index in [-0.39, 0.29) is 22.0 Å². The molecule has 1 saturated carbocycles. The molecule has 1 amide bonds. The summed E-state index contributed by atoms with van der Waals surface area (Å²) in [6.07, 6.45) is 9.52. The van der Waals surface area contributed by atoms with E-state index in [1.54, 1.807) is 30.6 Å². The van der Waals surface area contributed by atoms with Gasteiger partial charge in [0.1, 0.15) is 6.04 Å². The largest absolute Gasteiger partial charge is 0.480 e. The number of anilines is 2. The summed E-state index contributed by atoms with van der Waals surface area (Å²) in [6.45, 7) is 0.870. The molecule has 0 spiro atoms. The molecule has 0 saturated heterocycles. The fraction of sp³-hybridized carbons (Fsp3) is 0.231. The second-order valence-corrected chi connectivity index (χ2v) is 9.11. The number of benzene rings is 2. The Balaban J connectivity index is 1.41. The third kappa shape index (κ3) is 6.59. The zero-order valence-electron chi connectivity index (χ0n) is 18.8. The summed E-state index contributed by atoms with van der Waals surface area (Å²) >= 11 is 12.1. The Kier molecular flexibility index (Phi) is 8.00. The Morgan fingerprint density at radius 3 is 2.31 bits per heavy atom. The molecule has 2 N–H and O–H groups in total. The van der Waals surface area contributed by atoms with E-state index in [4.69, 9.17) is 23.2 Å². The molecule has 1 unspecified atom stereocenters. The van der Waals surface area contributed by atoms with Crippen LogP contribution in [0.1, 0.15) is 35.2 Å². The average Bonchev–Trinajstić information content (AvgIpc) is 3.67. The van der Waals surface area contributed by atoms with Crippen LogP contribution in [0.2, 0.25) is 10.0 Å². The molecular formula is C26H24Cl2N4O3. The number of carbonyl (C=O) groups is 2. The van der Waals surface area contributed by atoms with Gasteiger partial charge in [-0.1, -0.05) is 53.6 Å². The summed E-state index contributed by atoms with van der Waals surface area (Å²) in [5.74, 6) is -0.465. The van der Waals surface area contributed by atoms with Crippen LogP contribution in [0.3, 0.4) is 0 Å². The summed E-state index contributed by atoms with van der Waals surface area (Å²) in [7, 11) is 0. The lowest BCUT2D eigenvalue weighted by molar-refractivity contribution is -0.139. The van der Waals surface area contributed by atoms with Crippen molar-refractivity contribution in [2.75, 3.05) is 11.4 Å². The maximum atomic E-state index is 12.6. The molecule has 180 valence electrons. The molecule has 1 aromatic heterocycles. The minimum atomic E-state index is -1.15. The quantitative estimate of drug-likeness (QED) is 0.367. The van der Waals surface area contributed by atoms with Crippen LogP contribution in [0.25, 0.3) is 6.08 Å². The summed E-state index contributed by atoms with van der Waals surface area (Å²) in [4.78, 5) is 35.1. The number of carboxylic acids is 1. The fourth-order valence-corrected chi connectivity index (χ4v) is 4.13. The van der Waals surface area contributed by atoms with Crippen LogP contribution in [-0.4, -0.2) is 39.5 Å². The zero-order valence-corrected chi connectivity index (χ0v) is 20.3. The minimum absolute atomic E-state index is 0.0554. The molecule has 4 rings (SSSR count). The first kappa shape index (κ1) is 24.7. The van der Waals surface area contributed by atoms with Crippen molar-refractivity contribution in [2.45, 2.75) is 25.3 Å². The zero-order chi connectivity index (χ0) is 24.8. The highest BCUT2D eigenvalue weighted by Crippen LogP contribution is 2.34. The number of nitrogens with one attached hydrogen (secondary N) is 1. The van der Waals surface area contributed by atoms with Gasteiger partial charge in [-0.25, -0.2) is 14.8 Å². The number of carbonyl (C=O) groups excluding carboxylic acids is 1. The number of hydrogen-bond donors (Lipinski definition) is 2. The van der Waals surface area contributed by atoms with Crippen LogP contribution in [0.5, 0.6) is 0 Å². The van der Waals surface area contributed by atoms with Crippen molar-refractivity contribution >= 4 is 52.8 Å². The third-order valence-electron chi connectivity index (χ3n) is 5.61. The lowest BCUT2D eigenvalue weighted by Crippen LogP contribution is -2.40. The Morgan fingerprint density at radius 2 is 1.71 bits per heavy atom. The number of aliphatic carboxylic acids is 1. The Labute approximate surface area is 213 Å². The Morgan fingerprint density at radius 1 is 1.06 bits per heavy atom. The van der Waals surface area contributed by atoms with Gasteiger partial charge in [0.2, 0.25) is 5.95 Å². The van der Waals surface area contributed by atoms with Crippen LogP contribution < -0.4 is 10.2 Å². The Bertz CT molecular complexity index is 1190. The molecule has 9 heteroatoms. The van der Waals surface area contributed by atoms with Crippen LogP contribution in [0.4, 0.5) is 11.6 Å². The predicted octanol–water partition coefficient (Wildman–Crippen LogP) is 5.62. The normalized spacial score (nSPS) is 14.0. The van der Waals surface area contributed by atoms with Gasteiger partial charge >= 0.3 is 5.97 Å². The van der Waals surface area contributed by atoms with E-state index >= 15 is 0 Å². The maximum Gasteiger partial charge on any atom is 0.326 e. The van der Waals surface area contributed by atoms with Crippen molar-refractivity contribution in [3.05, 3.63) is 88.2 Å². The van der Waals surface area contributed by atoms with E-state index < -0.39 is 17.9 Å². The number of nitrogens with zero attached hydrogens (tertiary/aromatic N) is 3. The van der Waals surface area contributed by atoms with Gasteiger partial charge in [0, 0.05) is 24.6 Å². The number of amides is 1. The molecule has 1 aliphatic rings. The highest BCUT2D eigenvalue weighted by molar-refractivity contribution is 6.39. The molecule has 35 heavy (non-hydrogen) atoms. The van der Waals surface area contributed by atoms with Crippen LogP contribution in [0, 0.1) is 5.92 Å². The van der Waals surface area contributed by atoms with Crippen molar-refractivity contribution in [3.63, 3.8) is 0 Å². The molecule has 0 radical (unpaired) electrons. The summed E-state index contributed by atoms with van der Waals surface area (Å²) in [5.41, 5.74) is 1.95. The first-order valence-corrected chi connectivity index (χ1v) is 12.0. The van der Waals surface area contributed by atoms with Crippen molar-refractivity contribution in [3.8, 4) is 0 Å². The highest BCUT2D eigenvalue weighted by atomic mass is 35.5.